The summed E-state index contributed by atoms with van der Waals surface area (Å²) >= 11 is 12.7. The molecule has 28 heteroatoms. The Bertz CT molecular complexity index is 2840. The van der Waals surface area contributed by atoms with E-state index in [1.54, 1.807) is 0 Å². The van der Waals surface area contributed by atoms with Crippen LogP contribution in [0.5, 0.6) is 11.5 Å². The van der Waals surface area contributed by atoms with E-state index < -0.39 is 80.1 Å². The summed E-state index contributed by atoms with van der Waals surface area (Å²) in [7, 11) is -10.5. The van der Waals surface area contributed by atoms with E-state index in [1.165, 1.54) is 30.3 Å². The molecule has 2 fully saturated rings. The Balaban J connectivity index is 0.000000261. The molecular formula is C42H32F6I6O14S2-2. The predicted molar refractivity (Wildman–Crippen MR) is 286 cm³/mol. The molecule has 4 aromatic rings. The van der Waals surface area contributed by atoms with Crippen LogP contribution in [0.3, 0.4) is 0 Å². The standard InChI is InChI=1S/C21H22F3I3O7S.C21H12F3I3O7S/c2*22-21(23,24)17(9-35(30,31)32)33-19(28)12-3-1-11-6-13(4-2-10(11)5-12)20(29)34-18-15(26)7-14(25)8-16(18)27/h7-8,10-13,17H,1-6,9H2,(H,30,31,32);1-8,17H,9H2,(H,30,31,32)/p-2. The van der Waals surface area contributed by atoms with Crippen LogP contribution in [-0.2, 0) is 39.3 Å². The van der Waals surface area contributed by atoms with Crippen LogP contribution < -0.4 is 9.47 Å². The number of rotatable bonds is 12. The molecule has 0 aromatic heterocycles. The molecule has 382 valence electrons. The van der Waals surface area contributed by atoms with Gasteiger partial charge in [-0.3, -0.25) is 9.59 Å². The minimum Gasteiger partial charge on any atom is -0.748 e. The smallest absolute Gasteiger partial charge is 0.426 e. The van der Waals surface area contributed by atoms with Crippen molar-refractivity contribution < 1.29 is 90.4 Å². The van der Waals surface area contributed by atoms with Crippen molar-refractivity contribution in [3.8, 4) is 11.5 Å². The summed E-state index contributed by atoms with van der Waals surface area (Å²) in [5.74, 6) is -7.31. The maximum atomic E-state index is 13.1. The van der Waals surface area contributed by atoms with E-state index in [0.717, 1.165) is 27.5 Å². The van der Waals surface area contributed by atoms with Crippen molar-refractivity contribution in [3.05, 3.63) is 93.2 Å². The number of esters is 4. The van der Waals surface area contributed by atoms with Crippen LogP contribution in [0.25, 0.3) is 10.8 Å². The maximum absolute atomic E-state index is 13.1. The zero-order chi connectivity index (χ0) is 52.3. The number of hydrogen-bond donors (Lipinski definition) is 0. The summed E-state index contributed by atoms with van der Waals surface area (Å²) in [5.41, 5.74) is -0.0934. The van der Waals surface area contributed by atoms with Crippen molar-refractivity contribution in [3.63, 3.8) is 0 Å². The predicted octanol–water partition coefficient (Wildman–Crippen LogP) is 10.8. The van der Waals surface area contributed by atoms with E-state index in [9.17, 15) is 71.5 Å². The first kappa shape index (κ1) is 59.7. The van der Waals surface area contributed by atoms with Crippen molar-refractivity contribution in [1.29, 1.82) is 0 Å². The van der Waals surface area contributed by atoms with Crippen molar-refractivity contribution in [2.24, 2.45) is 23.7 Å². The van der Waals surface area contributed by atoms with Gasteiger partial charge in [-0.15, -0.1) is 0 Å². The number of fused-ring (bicyclic) bond motifs is 2. The summed E-state index contributed by atoms with van der Waals surface area (Å²) in [6, 6.07) is 15.7. The van der Waals surface area contributed by atoms with E-state index in [1.807, 2.05) is 24.3 Å². The quantitative estimate of drug-likeness (QED) is 0.0424. The third kappa shape index (κ3) is 17.4. The van der Waals surface area contributed by atoms with Gasteiger partial charge in [0.15, 0.2) is 11.5 Å². The Morgan fingerprint density at radius 3 is 1.31 bits per heavy atom. The summed E-state index contributed by atoms with van der Waals surface area (Å²) in [5, 5.41) is 0.881. The molecule has 0 bridgehead atoms. The largest absolute Gasteiger partial charge is 0.748 e. The summed E-state index contributed by atoms with van der Waals surface area (Å²) in [4.78, 5) is 50.1. The molecule has 14 nitrogen and oxygen atoms in total. The second-order valence-electron chi connectivity index (χ2n) is 15.9. The van der Waals surface area contributed by atoms with Gasteiger partial charge in [-0.1, -0.05) is 12.1 Å². The van der Waals surface area contributed by atoms with Crippen molar-refractivity contribution in [1.82, 2.24) is 0 Å². The zero-order valence-electron chi connectivity index (χ0n) is 35.0. The number of ether oxygens (including phenoxy) is 4. The molecule has 0 aliphatic heterocycles. The highest BCUT2D eigenvalue weighted by molar-refractivity contribution is 14.1. The number of alkyl halides is 6. The SMILES string of the molecule is O=C(Oc1c(I)cc(I)cc1I)C1CCC2CC(C(=O)OC(CS(=O)(=O)[O-])C(F)(F)F)CCC2C1.O=C(Oc1c(I)cc(I)cc1I)c1ccc2cc(C(=O)OC(CS(=O)(=O)[O-])C(F)(F)F)ccc2c1. The molecule has 6 unspecified atom stereocenters. The van der Waals surface area contributed by atoms with E-state index in [4.69, 9.17) is 9.47 Å². The zero-order valence-corrected chi connectivity index (χ0v) is 49.5. The Morgan fingerprint density at radius 2 is 0.914 bits per heavy atom. The average Bonchev–Trinajstić information content (AvgIpc) is 3.23. The second-order valence-corrected chi connectivity index (χ2v) is 25.9. The van der Waals surface area contributed by atoms with Crippen LogP contribution in [0.4, 0.5) is 26.3 Å². The van der Waals surface area contributed by atoms with Crippen molar-refractivity contribution in [2.45, 2.75) is 63.1 Å². The van der Waals surface area contributed by atoms with Gasteiger partial charge in [-0.05, 0) is 245 Å². The van der Waals surface area contributed by atoms with Gasteiger partial charge in [0.25, 0.3) is 0 Å². The van der Waals surface area contributed by atoms with E-state index >= 15 is 0 Å². The summed E-state index contributed by atoms with van der Waals surface area (Å²) in [6.07, 6.45) is -13.7. The minimum absolute atomic E-state index is 0.0384. The van der Waals surface area contributed by atoms with E-state index in [0.29, 0.717) is 54.4 Å². The highest BCUT2D eigenvalue weighted by Gasteiger charge is 2.47. The Morgan fingerprint density at radius 1 is 0.543 bits per heavy atom. The van der Waals surface area contributed by atoms with Gasteiger partial charge in [0.1, 0.15) is 0 Å². The molecule has 0 amide bonds. The van der Waals surface area contributed by atoms with Crippen LogP contribution >= 0.6 is 136 Å². The minimum atomic E-state index is -5.30. The Kier molecular flexibility index (Phi) is 21.0. The van der Waals surface area contributed by atoms with Crippen LogP contribution in [0, 0.1) is 45.1 Å². The molecule has 70 heavy (non-hydrogen) atoms. The second kappa shape index (κ2) is 24.6. The summed E-state index contributed by atoms with van der Waals surface area (Å²) < 4.78 is 168. The van der Waals surface area contributed by atoms with Gasteiger partial charge in [0.05, 0.1) is 69.0 Å². The van der Waals surface area contributed by atoms with Crippen LogP contribution in [-0.4, -0.2) is 85.9 Å². The molecule has 0 spiro atoms. The lowest BCUT2D eigenvalue weighted by Gasteiger charge is -2.41. The maximum Gasteiger partial charge on any atom is 0.426 e. The first-order valence-electron chi connectivity index (χ1n) is 20.0. The van der Waals surface area contributed by atoms with E-state index in [-0.39, 0.29) is 41.3 Å². The van der Waals surface area contributed by atoms with Crippen LogP contribution in [0.2, 0.25) is 0 Å². The third-order valence-corrected chi connectivity index (χ3v) is 16.7. The fourth-order valence-corrected chi connectivity index (χ4v) is 16.5. The number of halogens is 12. The molecule has 0 saturated heterocycles. The van der Waals surface area contributed by atoms with Crippen molar-refractivity contribution >= 4 is 190 Å². The van der Waals surface area contributed by atoms with Gasteiger partial charge in [0.2, 0.25) is 12.2 Å². The molecule has 0 N–H and O–H groups in total. The van der Waals surface area contributed by atoms with Gasteiger partial charge < -0.3 is 28.1 Å². The number of carbonyl (C=O) groups is 4. The monoisotopic (exact) mass is 1700 g/mol. The van der Waals surface area contributed by atoms with Crippen molar-refractivity contribution in [2.75, 3.05) is 11.5 Å². The van der Waals surface area contributed by atoms with Gasteiger partial charge in [-0.25, -0.2) is 26.4 Å². The molecular weight excluding hydrogens is 1670 g/mol. The lowest BCUT2D eigenvalue weighted by Crippen LogP contribution is -2.42. The number of hydrogen-bond acceptors (Lipinski definition) is 14. The highest BCUT2D eigenvalue weighted by atomic mass is 127. The van der Waals surface area contributed by atoms with E-state index in [2.05, 4.69) is 145 Å². The first-order valence-corrected chi connectivity index (χ1v) is 29.6. The fraction of sp³-hybridized carbons (Fsp3) is 0.381. The number of carbonyl (C=O) groups excluding carboxylic acids is 4. The molecule has 0 radical (unpaired) electrons. The van der Waals surface area contributed by atoms with Crippen LogP contribution in [0.1, 0.15) is 59.2 Å². The Labute approximate surface area is 477 Å². The molecule has 2 aliphatic rings. The van der Waals surface area contributed by atoms with Gasteiger partial charge >= 0.3 is 36.2 Å². The van der Waals surface area contributed by atoms with Crippen LogP contribution in [0.15, 0.2) is 60.7 Å². The average molecular weight is 1700 g/mol. The molecule has 6 rings (SSSR count). The number of benzene rings is 4. The topological polar surface area (TPSA) is 220 Å². The lowest BCUT2D eigenvalue weighted by atomic mass is 9.65. The third-order valence-electron chi connectivity index (χ3n) is 10.9. The molecule has 6 atom stereocenters. The normalized spacial score (nSPS) is 19.4. The molecule has 0 heterocycles. The summed E-state index contributed by atoms with van der Waals surface area (Å²) in [6.45, 7) is 0. The van der Waals surface area contributed by atoms with Gasteiger partial charge in [-0.2, -0.15) is 26.3 Å². The highest BCUT2D eigenvalue weighted by Crippen LogP contribution is 2.46. The van der Waals surface area contributed by atoms with Gasteiger partial charge in [0, 0.05) is 7.14 Å². The fourth-order valence-electron chi connectivity index (χ4n) is 7.60. The molecule has 2 aliphatic carbocycles. The Hall–Kier alpha value is -1.20. The molecule has 4 aromatic carbocycles. The lowest BCUT2D eigenvalue weighted by molar-refractivity contribution is -0.218. The molecule has 2 saturated carbocycles. The first-order chi connectivity index (χ1) is 32.3.